The molecule has 0 aromatic carbocycles. The van der Waals surface area contributed by atoms with Crippen molar-refractivity contribution in [1.29, 1.82) is 0 Å². The zero-order valence-electron chi connectivity index (χ0n) is 23.3. The Labute approximate surface area is 209 Å². The van der Waals surface area contributed by atoms with Crippen LogP contribution in [0.4, 0.5) is 0 Å². The summed E-state index contributed by atoms with van der Waals surface area (Å²) in [6.07, 6.45) is 1.64. The van der Waals surface area contributed by atoms with Crippen LogP contribution in [0.25, 0.3) is 0 Å². The van der Waals surface area contributed by atoms with Gasteiger partial charge in [0.25, 0.3) is 0 Å². The Hall–Kier alpha value is 0.220. The minimum Gasteiger partial charge on any atom is -0.287 e. The first kappa shape index (κ1) is 34.2. The second-order valence-corrected chi connectivity index (χ2v) is 13.8. The molecule has 0 N–H and O–H groups in total. The Kier molecular flexibility index (Phi) is 17.8. The molecule has 0 heterocycles. The van der Waals surface area contributed by atoms with Gasteiger partial charge in [0.05, 0.1) is 39.1 Å². The Balaban J connectivity index is 5.52. The monoisotopic (exact) mass is 530 g/mol. The molecule has 0 saturated heterocycles. The van der Waals surface area contributed by atoms with Crippen LogP contribution in [0.1, 0.15) is 88.5 Å². The van der Waals surface area contributed by atoms with Crippen molar-refractivity contribution in [3.8, 4) is 0 Å². The zero-order chi connectivity index (χ0) is 26.4. The molecule has 0 amide bonds. The smallest absolute Gasteiger partial charge is 0.287 e. The average Bonchev–Trinajstić information content (AvgIpc) is 2.74. The Morgan fingerprint density at radius 2 is 0.912 bits per heavy atom. The van der Waals surface area contributed by atoms with Crippen LogP contribution in [0, 0.1) is 29.6 Å². The van der Waals surface area contributed by atoms with Crippen LogP contribution in [0.5, 0.6) is 0 Å². The van der Waals surface area contributed by atoms with Gasteiger partial charge in [-0.15, -0.1) is 0 Å². The zero-order valence-corrected chi connectivity index (χ0v) is 25.1. The van der Waals surface area contributed by atoms with E-state index in [9.17, 15) is 9.13 Å². The molecule has 0 unspecified atom stereocenters. The molecule has 0 rings (SSSR count). The van der Waals surface area contributed by atoms with Gasteiger partial charge in [0.2, 0.25) is 0 Å². The third-order valence-electron chi connectivity index (χ3n) is 4.60. The lowest BCUT2D eigenvalue weighted by Gasteiger charge is -2.30. The van der Waals surface area contributed by atoms with Crippen LogP contribution in [0.2, 0.25) is 0 Å². The van der Waals surface area contributed by atoms with Gasteiger partial charge in [0, 0.05) is 5.92 Å². The van der Waals surface area contributed by atoms with Crippen LogP contribution in [0.3, 0.4) is 0 Å². The van der Waals surface area contributed by atoms with Gasteiger partial charge in [-0.05, 0) is 36.5 Å². The van der Waals surface area contributed by atoms with Gasteiger partial charge >= 0.3 is 15.6 Å². The fraction of sp³-hybridized carbons (Fsp3) is 1.00. The van der Waals surface area contributed by atoms with Gasteiger partial charge in [-0.1, -0.05) is 75.7 Å². The van der Waals surface area contributed by atoms with Crippen molar-refractivity contribution in [2.45, 2.75) is 94.6 Å². The van der Waals surface area contributed by atoms with E-state index in [2.05, 4.69) is 0 Å². The number of hydrogen-bond acceptors (Lipinski definition) is 8. The van der Waals surface area contributed by atoms with E-state index in [0.29, 0.717) is 12.8 Å². The van der Waals surface area contributed by atoms with Crippen LogP contribution in [0.15, 0.2) is 0 Å². The van der Waals surface area contributed by atoms with Crippen LogP contribution >= 0.6 is 15.6 Å². The van der Waals surface area contributed by atoms with Crippen molar-refractivity contribution in [1.82, 2.24) is 0 Å². The lowest BCUT2D eigenvalue weighted by atomic mass is 9.97. The first-order valence-electron chi connectivity index (χ1n) is 12.9. The molecule has 206 valence electrons. The molecule has 0 bridgehead atoms. The highest BCUT2D eigenvalue weighted by Gasteiger charge is 2.36. The maximum absolute atomic E-state index is 13.5. The summed E-state index contributed by atoms with van der Waals surface area (Å²) < 4.78 is 61.0. The molecule has 0 aliphatic heterocycles. The van der Waals surface area contributed by atoms with Crippen LogP contribution in [-0.2, 0) is 36.3 Å². The largest absolute Gasteiger partial charge is 0.475 e. The molecule has 0 saturated carbocycles. The van der Waals surface area contributed by atoms with Gasteiger partial charge in [-0.25, -0.2) is 9.13 Å². The standard InChI is InChI=1S/C24H52O8P2/c1-11-13-24(32-34(26,29-16-21(7)8)30-17-22(9)10)23(12-2)18-31-33(25,27-14-19(3)4)28-15-20(5)6/h19-24H,11-18H2,1-10H3/t23-,24+/m1/s1. The van der Waals surface area contributed by atoms with E-state index in [1.807, 2.05) is 69.2 Å². The molecule has 0 aliphatic carbocycles. The summed E-state index contributed by atoms with van der Waals surface area (Å²) in [6, 6.07) is 0. The first-order valence-corrected chi connectivity index (χ1v) is 15.8. The lowest BCUT2D eigenvalue weighted by molar-refractivity contribution is 0.0147. The van der Waals surface area contributed by atoms with E-state index in [1.165, 1.54) is 0 Å². The fourth-order valence-electron chi connectivity index (χ4n) is 2.67. The Morgan fingerprint density at radius 3 is 1.24 bits per heavy atom. The SMILES string of the molecule is CCC[C@H](OP(=O)(OCC(C)C)OCC(C)C)[C@H](CC)COP(=O)(OCC(C)C)OCC(C)C. The molecule has 0 radical (unpaired) electrons. The van der Waals surface area contributed by atoms with Gasteiger partial charge in [0.15, 0.2) is 0 Å². The summed E-state index contributed by atoms with van der Waals surface area (Å²) >= 11 is 0. The minimum atomic E-state index is -3.78. The highest BCUT2D eigenvalue weighted by Crippen LogP contribution is 2.54. The van der Waals surface area contributed by atoms with Gasteiger partial charge < -0.3 is 0 Å². The third kappa shape index (κ3) is 16.1. The highest BCUT2D eigenvalue weighted by molar-refractivity contribution is 7.48. The van der Waals surface area contributed by atoms with E-state index < -0.39 is 21.7 Å². The molecule has 10 heteroatoms. The lowest BCUT2D eigenvalue weighted by Crippen LogP contribution is -2.28. The topological polar surface area (TPSA) is 89.5 Å². The van der Waals surface area contributed by atoms with Gasteiger partial charge in [-0.2, -0.15) is 0 Å². The Bertz CT molecular complexity index is 578. The van der Waals surface area contributed by atoms with E-state index >= 15 is 0 Å². The van der Waals surface area contributed by atoms with Gasteiger partial charge in [0.1, 0.15) is 0 Å². The van der Waals surface area contributed by atoms with E-state index in [4.69, 9.17) is 27.1 Å². The second-order valence-electron chi connectivity index (χ2n) is 10.5. The van der Waals surface area contributed by atoms with Crippen molar-refractivity contribution in [3.05, 3.63) is 0 Å². The van der Waals surface area contributed by atoms with Crippen molar-refractivity contribution in [2.24, 2.45) is 29.6 Å². The maximum atomic E-state index is 13.5. The molecule has 2 atom stereocenters. The third-order valence-corrected chi connectivity index (χ3v) is 7.45. The fourth-order valence-corrected chi connectivity index (χ4v) is 6.00. The first-order chi connectivity index (χ1) is 15.8. The van der Waals surface area contributed by atoms with E-state index in [1.54, 1.807) is 0 Å². The summed E-state index contributed by atoms with van der Waals surface area (Å²) in [5.74, 6) is 0.519. The maximum Gasteiger partial charge on any atom is 0.475 e. The number of rotatable bonds is 21. The van der Waals surface area contributed by atoms with Crippen molar-refractivity contribution in [2.75, 3.05) is 33.0 Å². The molecule has 0 spiro atoms. The van der Waals surface area contributed by atoms with Crippen LogP contribution in [-0.4, -0.2) is 39.1 Å². The highest BCUT2D eigenvalue weighted by atomic mass is 31.2. The molecule has 0 aromatic heterocycles. The summed E-state index contributed by atoms with van der Waals surface area (Å²) in [4.78, 5) is 0. The van der Waals surface area contributed by atoms with Gasteiger partial charge in [-0.3, -0.25) is 27.1 Å². The number of phosphoric ester groups is 2. The van der Waals surface area contributed by atoms with Crippen molar-refractivity contribution < 1.29 is 36.3 Å². The molecule has 8 nitrogen and oxygen atoms in total. The molecular weight excluding hydrogens is 478 g/mol. The summed E-state index contributed by atoms with van der Waals surface area (Å²) in [6.45, 7) is 21.0. The summed E-state index contributed by atoms with van der Waals surface area (Å²) in [5, 5.41) is 0. The number of hydrogen-bond donors (Lipinski definition) is 0. The molecule has 34 heavy (non-hydrogen) atoms. The summed E-state index contributed by atoms with van der Waals surface area (Å²) in [7, 11) is -7.53. The Morgan fingerprint density at radius 1 is 0.559 bits per heavy atom. The average molecular weight is 531 g/mol. The normalized spacial score (nSPS) is 15.1. The van der Waals surface area contributed by atoms with E-state index in [0.717, 1.165) is 6.42 Å². The summed E-state index contributed by atoms with van der Waals surface area (Å²) in [5.41, 5.74) is 0. The minimum absolute atomic E-state index is 0.0863. The predicted molar refractivity (Wildman–Crippen MR) is 138 cm³/mol. The molecular formula is C24H52O8P2. The molecule has 0 aromatic rings. The number of phosphoric acid groups is 2. The quantitative estimate of drug-likeness (QED) is 0.137. The second kappa shape index (κ2) is 17.6. The van der Waals surface area contributed by atoms with Crippen LogP contribution < -0.4 is 0 Å². The van der Waals surface area contributed by atoms with E-state index in [-0.39, 0.29) is 62.6 Å². The van der Waals surface area contributed by atoms with Crippen molar-refractivity contribution in [3.63, 3.8) is 0 Å². The molecule has 0 aliphatic rings. The predicted octanol–water partition coefficient (Wildman–Crippen LogP) is 8.12. The molecule has 0 fully saturated rings. The van der Waals surface area contributed by atoms with Crippen molar-refractivity contribution >= 4 is 15.6 Å².